The van der Waals surface area contributed by atoms with Crippen LogP contribution in [-0.4, -0.2) is 37.6 Å². The summed E-state index contributed by atoms with van der Waals surface area (Å²) in [5.41, 5.74) is 5.15. The summed E-state index contributed by atoms with van der Waals surface area (Å²) < 4.78 is 1.92. The maximum absolute atomic E-state index is 12.3. The Bertz CT molecular complexity index is 1180. The molecule has 0 saturated carbocycles. The molecule has 154 valence electrons. The molecule has 9 heteroatoms. The number of halogens is 1. The lowest BCUT2D eigenvalue weighted by Gasteiger charge is -2.10. The van der Waals surface area contributed by atoms with Gasteiger partial charge in [0.15, 0.2) is 11.0 Å². The van der Waals surface area contributed by atoms with Crippen molar-refractivity contribution in [2.45, 2.75) is 5.16 Å². The number of para-hydroxylation sites is 1. The Morgan fingerprint density at radius 3 is 2.52 bits per heavy atom. The van der Waals surface area contributed by atoms with E-state index in [-0.39, 0.29) is 11.7 Å². The fraction of sp³-hybridized carbons (Fsp3) is 0.0455. The van der Waals surface area contributed by atoms with Gasteiger partial charge in [-0.3, -0.25) is 14.3 Å². The number of carbonyl (C=O) groups is 1. The molecule has 4 rings (SSSR count). The van der Waals surface area contributed by atoms with Crippen LogP contribution in [0.15, 0.2) is 89.4 Å². The summed E-state index contributed by atoms with van der Waals surface area (Å²) in [7, 11) is 0. The second-order valence-corrected chi connectivity index (χ2v) is 7.73. The van der Waals surface area contributed by atoms with Crippen LogP contribution < -0.4 is 5.43 Å². The van der Waals surface area contributed by atoms with Crippen LogP contribution in [0.4, 0.5) is 0 Å². The van der Waals surface area contributed by atoms with Crippen molar-refractivity contribution in [2.75, 3.05) is 5.75 Å². The van der Waals surface area contributed by atoms with Crippen LogP contribution in [0.1, 0.15) is 5.56 Å². The van der Waals surface area contributed by atoms with Crippen molar-refractivity contribution in [3.05, 3.63) is 89.7 Å². The van der Waals surface area contributed by atoms with E-state index in [0.717, 1.165) is 16.8 Å². The van der Waals surface area contributed by atoms with Gasteiger partial charge in [-0.1, -0.05) is 53.7 Å². The fourth-order valence-electron chi connectivity index (χ4n) is 2.75. The Labute approximate surface area is 188 Å². The predicted octanol–water partition coefficient (Wildman–Crippen LogP) is 4.23. The van der Waals surface area contributed by atoms with Crippen molar-refractivity contribution in [1.29, 1.82) is 0 Å². The van der Waals surface area contributed by atoms with Gasteiger partial charge in [0.2, 0.25) is 0 Å². The lowest BCUT2D eigenvalue weighted by molar-refractivity contribution is -0.118. The van der Waals surface area contributed by atoms with Gasteiger partial charge in [0.05, 0.1) is 12.0 Å². The summed E-state index contributed by atoms with van der Waals surface area (Å²) in [5.74, 6) is 0.569. The van der Waals surface area contributed by atoms with Gasteiger partial charge in [0.1, 0.15) is 0 Å². The van der Waals surface area contributed by atoms with Crippen molar-refractivity contribution in [1.82, 2.24) is 25.2 Å². The molecular formula is C22H17ClN6OS. The number of thioether (sulfide) groups is 1. The Kier molecular flexibility index (Phi) is 6.71. The van der Waals surface area contributed by atoms with E-state index in [0.29, 0.717) is 16.0 Å². The smallest absolute Gasteiger partial charge is 0.250 e. The summed E-state index contributed by atoms with van der Waals surface area (Å²) >= 11 is 7.14. The normalized spacial score (nSPS) is 11.0. The minimum Gasteiger partial charge on any atom is -0.272 e. The standard InChI is InChI=1S/C22H17ClN6OS/c23-18-8-6-16(7-9-18)14-25-26-20(30)15-31-22-28-27-21(17-10-12-24-13-11-17)29(22)19-4-2-1-3-5-19/h1-14H,15H2,(H,26,30)/b25-14-. The molecule has 0 radical (unpaired) electrons. The largest absolute Gasteiger partial charge is 0.272 e. The molecule has 2 aromatic carbocycles. The third-order valence-corrected chi connectivity index (χ3v) is 5.37. The zero-order valence-electron chi connectivity index (χ0n) is 16.2. The molecular weight excluding hydrogens is 432 g/mol. The van der Waals surface area contributed by atoms with E-state index in [1.807, 2.05) is 59.2 Å². The highest BCUT2D eigenvalue weighted by molar-refractivity contribution is 7.99. The Balaban J connectivity index is 1.47. The molecule has 0 spiro atoms. The summed E-state index contributed by atoms with van der Waals surface area (Å²) in [6.07, 6.45) is 4.98. The van der Waals surface area contributed by atoms with Crippen LogP contribution in [0.3, 0.4) is 0 Å². The lowest BCUT2D eigenvalue weighted by atomic mass is 10.2. The molecule has 1 amide bonds. The number of hydrazone groups is 1. The maximum Gasteiger partial charge on any atom is 0.250 e. The second-order valence-electron chi connectivity index (χ2n) is 6.35. The molecule has 0 atom stereocenters. The van der Waals surface area contributed by atoms with Crippen LogP contribution in [-0.2, 0) is 4.79 Å². The average molecular weight is 449 g/mol. The molecule has 0 aliphatic rings. The quantitative estimate of drug-likeness (QED) is 0.260. The van der Waals surface area contributed by atoms with Gasteiger partial charge in [-0.2, -0.15) is 5.10 Å². The monoisotopic (exact) mass is 448 g/mol. The second kappa shape index (κ2) is 10.0. The number of carbonyl (C=O) groups excluding carboxylic acids is 1. The number of amides is 1. The first kappa shape index (κ1) is 20.8. The molecule has 0 fully saturated rings. The molecule has 0 unspecified atom stereocenters. The van der Waals surface area contributed by atoms with Crippen molar-refractivity contribution in [2.24, 2.45) is 5.10 Å². The topological polar surface area (TPSA) is 85.1 Å². The number of rotatable bonds is 7. The summed E-state index contributed by atoms with van der Waals surface area (Å²) in [5, 5.41) is 13.9. The average Bonchev–Trinajstić information content (AvgIpc) is 3.24. The fourth-order valence-corrected chi connectivity index (χ4v) is 3.62. The summed E-state index contributed by atoms with van der Waals surface area (Å²) in [4.78, 5) is 16.3. The van der Waals surface area contributed by atoms with E-state index in [1.165, 1.54) is 11.8 Å². The van der Waals surface area contributed by atoms with Crippen molar-refractivity contribution in [3.8, 4) is 17.1 Å². The summed E-state index contributed by atoms with van der Waals surface area (Å²) in [6, 6.07) is 20.7. The molecule has 0 aliphatic carbocycles. The number of benzene rings is 2. The van der Waals surface area contributed by atoms with Gasteiger partial charge in [-0.25, -0.2) is 5.43 Å². The highest BCUT2D eigenvalue weighted by Crippen LogP contribution is 2.27. The van der Waals surface area contributed by atoms with E-state index in [1.54, 1.807) is 30.7 Å². The first-order valence-corrected chi connectivity index (χ1v) is 10.7. The van der Waals surface area contributed by atoms with Gasteiger partial charge < -0.3 is 0 Å². The number of nitrogens with zero attached hydrogens (tertiary/aromatic N) is 5. The molecule has 4 aromatic rings. The third-order valence-electron chi connectivity index (χ3n) is 4.19. The minimum absolute atomic E-state index is 0.138. The molecule has 0 aliphatic heterocycles. The first-order chi connectivity index (χ1) is 15.2. The number of pyridine rings is 1. The highest BCUT2D eigenvalue weighted by Gasteiger charge is 2.17. The van der Waals surface area contributed by atoms with Crippen molar-refractivity contribution >= 4 is 35.5 Å². The zero-order valence-corrected chi connectivity index (χ0v) is 17.8. The van der Waals surface area contributed by atoms with Crippen LogP contribution in [0.5, 0.6) is 0 Å². The van der Waals surface area contributed by atoms with Gasteiger partial charge >= 0.3 is 0 Å². The number of hydrogen-bond acceptors (Lipinski definition) is 6. The zero-order chi connectivity index (χ0) is 21.5. The molecule has 2 heterocycles. The summed E-state index contributed by atoms with van der Waals surface area (Å²) in [6.45, 7) is 0. The molecule has 0 saturated heterocycles. The Morgan fingerprint density at radius 1 is 1.03 bits per heavy atom. The van der Waals surface area contributed by atoms with Crippen LogP contribution in [0.25, 0.3) is 17.1 Å². The number of aromatic nitrogens is 4. The molecule has 2 aromatic heterocycles. The minimum atomic E-state index is -0.247. The maximum atomic E-state index is 12.3. The van der Waals surface area contributed by atoms with Crippen molar-refractivity contribution in [3.63, 3.8) is 0 Å². The van der Waals surface area contributed by atoms with E-state index >= 15 is 0 Å². The molecule has 1 N–H and O–H groups in total. The lowest BCUT2D eigenvalue weighted by Crippen LogP contribution is -2.20. The van der Waals surface area contributed by atoms with Gasteiger partial charge in [0.25, 0.3) is 5.91 Å². The van der Waals surface area contributed by atoms with Crippen LogP contribution >= 0.6 is 23.4 Å². The van der Waals surface area contributed by atoms with E-state index in [2.05, 4.69) is 25.7 Å². The molecule has 7 nitrogen and oxygen atoms in total. The van der Waals surface area contributed by atoms with Crippen LogP contribution in [0.2, 0.25) is 5.02 Å². The first-order valence-electron chi connectivity index (χ1n) is 9.32. The van der Waals surface area contributed by atoms with Gasteiger partial charge in [-0.05, 0) is 42.0 Å². The van der Waals surface area contributed by atoms with E-state index in [9.17, 15) is 4.79 Å². The predicted molar refractivity (Wildman–Crippen MR) is 123 cm³/mol. The van der Waals surface area contributed by atoms with E-state index < -0.39 is 0 Å². The van der Waals surface area contributed by atoms with Crippen LogP contribution in [0, 0.1) is 0 Å². The highest BCUT2D eigenvalue weighted by atomic mass is 35.5. The van der Waals surface area contributed by atoms with Crippen molar-refractivity contribution < 1.29 is 4.79 Å². The molecule has 31 heavy (non-hydrogen) atoms. The molecule has 0 bridgehead atoms. The number of hydrogen-bond donors (Lipinski definition) is 1. The van der Waals surface area contributed by atoms with Gasteiger partial charge in [0, 0.05) is 28.7 Å². The third kappa shape index (κ3) is 5.36. The SMILES string of the molecule is O=C(CSc1nnc(-c2ccncc2)n1-c1ccccc1)N/N=C\c1ccc(Cl)cc1. The van der Waals surface area contributed by atoms with Gasteiger partial charge in [-0.15, -0.1) is 10.2 Å². The number of nitrogens with one attached hydrogen (secondary N) is 1. The Morgan fingerprint density at radius 2 is 1.77 bits per heavy atom. The van der Waals surface area contributed by atoms with E-state index in [4.69, 9.17) is 11.6 Å². The Hall–Kier alpha value is -3.49.